The summed E-state index contributed by atoms with van der Waals surface area (Å²) in [5, 5.41) is 0. The highest BCUT2D eigenvalue weighted by atomic mass is 16.5. The number of ether oxygens (including phenoxy) is 1. The van der Waals surface area contributed by atoms with Crippen molar-refractivity contribution in [3.8, 4) is 5.75 Å². The van der Waals surface area contributed by atoms with Crippen molar-refractivity contribution in [3.63, 3.8) is 0 Å². The molecule has 3 rings (SSSR count). The minimum atomic E-state index is 0.295. The van der Waals surface area contributed by atoms with Crippen molar-refractivity contribution in [2.75, 3.05) is 18.0 Å². The van der Waals surface area contributed by atoms with Crippen LogP contribution in [0.3, 0.4) is 0 Å². The van der Waals surface area contributed by atoms with Crippen LogP contribution in [-0.4, -0.2) is 19.1 Å². The monoisotopic (exact) mass is 268 g/mol. The number of rotatable bonds is 4. The van der Waals surface area contributed by atoms with Gasteiger partial charge in [0.2, 0.25) is 0 Å². The summed E-state index contributed by atoms with van der Waals surface area (Å²) in [6.45, 7) is 2.56. The number of hydrogen-bond acceptors (Lipinski definition) is 3. The zero-order valence-electron chi connectivity index (χ0n) is 11.5. The van der Waals surface area contributed by atoms with Gasteiger partial charge < -0.3 is 15.4 Å². The van der Waals surface area contributed by atoms with Gasteiger partial charge in [0.15, 0.2) is 0 Å². The van der Waals surface area contributed by atoms with Crippen molar-refractivity contribution in [2.45, 2.75) is 19.1 Å². The first-order chi connectivity index (χ1) is 9.81. The van der Waals surface area contributed by atoms with Gasteiger partial charge in [0, 0.05) is 30.9 Å². The maximum atomic E-state index is 5.96. The van der Waals surface area contributed by atoms with Crippen molar-refractivity contribution in [2.24, 2.45) is 5.73 Å². The summed E-state index contributed by atoms with van der Waals surface area (Å²) >= 11 is 0. The van der Waals surface area contributed by atoms with Crippen molar-refractivity contribution in [1.82, 2.24) is 0 Å². The summed E-state index contributed by atoms with van der Waals surface area (Å²) in [4.78, 5) is 2.32. The van der Waals surface area contributed by atoms with E-state index in [4.69, 9.17) is 10.5 Å². The second-order valence-corrected chi connectivity index (χ2v) is 5.27. The summed E-state index contributed by atoms with van der Waals surface area (Å²) in [6, 6.07) is 18.8. The van der Waals surface area contributed by atoms with Gasteiger partial charge in [-0.1, -0.05) is 36.4 Å². The number of benzene rings is 2. The molecular formula is C17H20N2O. The normalized spacial score (nSPS) is 18.2. The van der Waals surface area contributed by atoms with E-state index in [0.29, 0.717) is 12.6 Å². The van der Waals surface area contributed by atoms with Crippen molar-refractivity contribution in [3.05, 3.63) is 60.2 Å². The molecule has 0 unspecified atom stereocenters. The van der Waals surface area contributed by atoms with E-state index >= 15 is 0 Å². The highest BCUT2D eigenvalue weighted by Gasteiger charge is 2.19. The smallest absolute Gasteiger partial charge is 0.121 e. The molecule has 0 radical (unpaired) electrons. The largest absolute Gasteiger partial charge is 0.489 e. The Morgan fingerprint density at radius 3 is 2.70 bits per heavy atom. The van der Waals surface area contributed by atoms with Crippen LogP contribution >= 0.6 is 0 Å². The standard InChI is InChI=1S/C17H20N2O/c18-15-9-10-19(12-15)16-7-4-8-17(11-16)20-13-14-5-2-1-3-6-14/h1-8,11,15H,9-10,12-13,18H2/t15-/m0/s1. The van der Waals surface area contributed by atoms with Gasteiger partial charge in [0.25, 0.3) is 0 Å². The van der Waals surface area contributed by atoms with Crippen LogP contribution in [0.5, 0.6) is 5.75 Å². The third-order valence-electron chi connectivity index (χ3n) is 3.66. The Bertz CT molecular complexity index is 556. The molecule has 1 heterocycles. The van der Waals surface area contributed by atoms with Crippen LogP contribution in [0.2, 0.25) is 0 Å². The molecule has 20 heavy (non-hydrogen) atoms. The molecule has 2 N–H and O–H groups in total. The Balaban J connectivity index is 1.65. The van der Waals surface area contributed by atoms with Gasteiger partial charge in [0.1, 0.15) is 12.4 Å². The highest BCUT2D eigenvalue weighted by Crippen LogP contribution is 2.24. The SMILES string of the molecule is N[C@H]1CCN(c2cccc(OCc3ccccc3)c2)C1. The molecule has 3 nitrogen and oxygen atoms in total. The molecule has 3 heteroatoms. The fourth-order valence-electron chi connectivity index (χ4n) is 2.53. The molecule has 0 saturated carbocycles. The van der Waals surface area contributed by atoms with E-state index in [-0.39, 0.29) is 0 Å². The molecular weight excluding hydrogens is 248 g/mol. The van der Waals surface area contributed by atoms with Gasteiger partial charge >= 0.3 is 0 Å². The molecule has 1 saturated heterocycles. The zero-order chi connectivity index (χ0) is 13.8. The van der Waals surface area contributed by atoms with Crippen LogP contribution in [0.25, 0.3) is 0 Å². The predicted molar refractivity (Wildman–Crippen MR) is 82.0 cm³/mol. The molecule has 1 fully saturated rings. The minimum Gasteiger partial charge on any atom is -0.489 e. The van der Waals surface area contributed by atoms with Crippen molar-refractivity contribution >= 4 is 5.69 Å². The molecule has 0 aromatic heterocycles. The Kier molecular flexibility index (Phi) is 3.88. The summed E-state index contributed by atoms with van der Waals surface area (Å²) in [6.07, 6.45) is 1.06. The summed E-state index contributed by atoms with van der Waals surface area (Å²) in [5.41, 5.74) is 8.34. The molecule has 104 valence electrons. The first kappa shape index (κ1) is 13.0. The average molecular weight is 268 g/mol. The van der Waals surface area contributed by atoms with Gasteiger partial charge in [-0.3, -0.25) is 0 Å². The molecule has 0 bridgehead atoms. The Morgan fingerprint density at radius 1 is 1.10 bits per heavy atom. The molecule has 0 spiro atoms. The quantitative estimate of drug-likeness (QED) is 0.926. The first-order valence-corrected chi connectivity index (χ1v) is 7.08. The van der Waals surface area contributed by atoms with Gasteiger partial charge in [-0.15, -0.1) is 0 Å². The van der Waals surface area contributed by atoms with Gasteiger partial charge in [-0.2, -0.15) is 0 Å². The molecule has 2 aromatic carbocycles. The summed E-state index contributed by atoms with van der Waals surface area (Å²) in [7, 11) is 0. The molecule has 2 aromatic rings. The number of hydrogen-bond donors (Lipinski definition) is 1. The van der Waals surface area contributed by atoms with Crippen LogP contribution in [0.1, 0.15) is 12.0 Å². The van der Waals surface area contributed by atoms with E-state index in [9.17, 15) is 0 Å². The van der Waals surface area contributed by atoms with Gasteiger partial charge in [0.05, 0.1) is 0 Å². The number of nitrogens with zero attached hydrogens (tertiary/aromatic N) is 1. The molecule has 1 atom stereocenters. The second kappa shape index (κ2) is 5.97. The van der Waals surface area contributed by atoms with E-state index in [2.05, 4.69) is 29.2 Å². The Labute approximate surface area is 120 Å². The van der Waals surface area contributed by atoms with E-state index in [1.807, 2.05) is 30.3 Å². The molecule has 0 amide bonds. The van der Waals surface area contributed by atoms with Crippen LogP contribution in [0, 0.1) is 0 Å². The lowest BCUT2D eigenvalue weighted by molar-refractivity contribution is 0.306. The van der Waals surface area contributed by atoms with Crippen molar-refractivity contribution in [1.29, 1.82) is 0 Å². The minimum absolute atomic E-state index is 0.295. The lowest BCUT2D eigenvalue weighted by atomic mass is 10.2. The molecule has 0 aliphatic carbocycles. The maximum Gasteiger partial charge on any atom is 0.121 e. The Morgan fingerprint density at radius 2 is 1.95 bits per heavy atom. The summed E-state index contributed by atoms with van der Waals surface area (Å²) < 4.78 is 5.86. The average Bonchev–Trinajstić information content (AvgIpc) is 2.93. The maximum absolute atomic E-state index is 5.96. The van der Waals surface area contributed by atoms with Crippen LogP contribution in [0.15, 0.2) is 54.6 Å². The third-order valence-corrected chi connectivity index (χ3v) is 3.66. The number of anilines is 1. The molecule has 1 aliphatic heterocycles. The van der Waals surface area contributed by atoms with Crippen LogP contribution in [0.4, 0.5) is 5.69 Å². The van der Waals surface area contributed by atoms with E-state index in [0.717, 1.165) is 25.3 Å². The third kappa shape index (κ3) is 3.11. The lowest BCUT2D eigenvalue weighted by Gasteiger charge is -2.19. The van der Waals surface area contributed by atoms with E-state index in [1.54, 1.807) is 0 Å². The topological polar surface area (TPSA) is 38.5 Å². The lowest BCUT2D eigenvalue weighted by Crippen LogP contribution is -2.26. The predicted octanol–water partition coefficient (Wildman–Crippen LogP) is 2.80. The zero-order valence-corrected chi connectivity index (χ0v) is 11.5. The number of nitrogens with two attached hydrogens (primary N) is 1. The van der Waals surface area contributed by atoms with Gasteiger partial charge in [-0.05, 0) is 24.1 Å². The van der Waals surface area contributed by atoms with E-state index < -0.39 is 0 Å². The van der Waals surface area contributed by atoms with E-state index in [1.165, 1.54) is 11.3 Å². The fraction of sp³-hybridized carbons (Fsp3) is 0.294. The first-order valence-electron chi connectivity index (χ1n) is 7.08. The summed E-state index contributed by atoms with van der Waals surface area (Å²) in [5.74, 6) is 0.909. The van der Waals surface area contributed by atoms with Crippen LogP contribution in [-0.2, 0) is 6.61 Å². The molecule has 1 aliphatic rings. The Hall–Kier alpha value is -2.00. The van der Waals surface area contributed by atoms with Crippen molar-refractivity contribution < 1.29 is 4.74 Å². The second-order valence-electron chi connectivity index (χ2n) is 5.27. The van der Waals surface area contributed by atoms with Gasteiger partial charge in [-0.25, -0.2) is 0 Å². The highest BCUT2D eigenvalue weighted by molar-refractivity contribution is 5.51. The van der Waals surface area contributed by atoms with Crippen LogP contribution < -0.4 is 15.4 Å². The fourth-order valence-corrected chi connectivity index (χ4v) is 2.53.